The van der Waals surface area contributed by atoms with Gasteiger partial charge in [0.1, 0.15) is 5.75 Å². The number of fused-ring (bicyclic) bond motifs is 1. The molecule has 0 spiro atoms. The number of aromatic nitrogens is 1. The maximum atomic E-state index is 12.5. The molecule has 0 aliphatic heterocycles. The van der Waals surface area contributed by atoms with Crippen LogP contribution in [-0.2, 0) is 11.2 Å². The second-order valence-electron chi connectivity index (χ2n) is 6.72. The highest BCUT2D eigenvalue weighted by atomic mass is 16.5. The topological polar surface area (TPSA) is 66.2 Å². The van der Waals surface area contributed by atoms with Crippen molar-refractivity contribution in [2.45, 2.75) is 13.3 Å². The lowest BCUT2D eigenvalue weighted by atomic mass is 10.1. The van der Waals surface area contributed by atoms with Crippen molar-refractivity contribution < 1.29 is 9.53 Å². The summed E-state index contributed by atoms with van der Waals surface area (Å²) >= 11 is 0. The number of anilines is 3. The number of hydrogen-bond acceptors (Lipinski definition) is 3. The Labute approximate surface area is 169 Å². The van der Waals surface area contributed by atoms with Gasteiger partial charge < -0.3 is 20.4 Å². The first-order valence-electron chi connectivity index (χ1n) is 9.66. The summed E-state index contributed by atoms with van der Waals surface area (Å²) in [6.45, 7) is 2.57. The molecule has 4 aromatic rings. The van der Waals surface area contributed by atoms with Gasteiger partial charge in [0.25, 0.3) is 0 Å². The Morgan fingerprint density at radius 1 is 0.931 bits per heavy atom. The number of amides is 1. The lowest BCUT2D eigenvalue weighted by Gasteiger charge is -2.12. The molecule has 4 rings (SSSR count). The first kappa shape index (κ1) is 18.6. The number of aromatic amines is 1. The maximum Gasteiger partial charge on any atom is 0.228 e. The van der Waals surface area contributed by atoms with Crippen LogP contribution < -0.4 is 15.4 Å². The van der Waals surface area contributed by atoms with Crippen molar-refractivity contribution in [2.24, 2.45) is 0 Å². The summed E-state index contributed by atoms with van der Waals surface area (Å²) < 4.78 is 5.64. The molecular weight excluding hydrogens is 362 g/mol. The summed E-state index contributed by atoms with van der Waals surface area (Å²) in [6.07, 6.45) is 2.22. The van der Waals surface area contributed by atoms with Gasteiger partial charge in [-0.2, -0.15) is 0 Å². The predicted molar refractivity (Wildman–Crippen MR) is 118 cm³/mol. The molecule has 0 saturated carbocycles. The zero-order valence-corrected chi connectivity index (χ0v) is 16.2. The van der Waals surface area contributed by atoms with Crippen LogP contribution in [0, 0.1) is 0 Å². The average Bonchev–Trinajstić information content (AvgIpc) is 3.14. The monoisotopic (exact) mass is 385 g/mol. The largest absolute Gasteiger partial charge is 0.492 e. The molecule has 5 nitrogen and oxygen atoms in total. The third kappa shape index (κ3) is 4.41. The molecule has 3 N–H and O–H groups in total. The minimum absolute atomic E-state index is 0.0443. The van der Waals surface area contributed by atoms with E-state index in [-0.39, 0.29) is 5.91 Å². The molecule has 0 atom stereocenters. The first-order valence-corrected chi connectivity index (χ1v) is 9.66. The second-order valence-corrected chi connectivity index (χ2v) is 6.72. The summed E-state index contributed by atoms with van der Waals surface area (Å²) in [5.74, 6) is 0.767. The van der Waals surface area contributed by atoms with Crippen LogP contribution in [0.15, 0.2) is 79.0 Å². The normalized spacial score (nSPS) is 10.7. The molecule has 3 aromatic carbocycles. The van der Waals surface area contributed by atoms with E-state index in [1.165, 1.54) is 0 Å². The van der Waals surface area contributed by atoms with Crippen molar-refractivity contribution in [2.75, 3.05) is 17.2 Å². The predicted octanol–water partition coefficient (Wildman–Crippen LogP) is 5.49. The first-order chi connectivity index (χ1) is 14.2. The van der Waals surface area contributed by atoms with Crippen LogP contribution in [0.4, 0.5) is 17.1 Å². The van der Waals surface area contributed by atoms with Crippen molar-refractivity contribution in [1.82, 2.24) is 4.98 Å². The molecule has 0 saturated heterocycles. The van der Waals surface area contributed by atoms with E-state index in [1.807, 2.05) is 85.9 Å². The van der Waals surface area contributed by atoms with Gasteiger partial charge in [0.2, 0.25) is 5.91 Å². The molecule has 1 heterocycles. The minimum Gasteiger partial charge on any atom is -0.492 e. The Kier molecular flexibility index (Phi) is 5.47. The summed E-state index contributed by atoms with van der Waals surface area (Å²) in [6, 6.07) is 23.4. The fourth-order valence-electron chi connectivity index (χ4n) is 3.30. The van der Waals surface area contributed by atoms with E-state index in [2.05, 4.69) is 15.6 Å². The van der Waals surface area contributed by atoms with Crippen molar-refractivity contribution in [3.8, 4) is 5.75 Å². The molecule has 0 radical (unpaired) electrons. The van der Waals surface area contributed by atoms with Gasteiger partial charge in [-0.3, -0.25) is 4.79 Å². The molecule has 0 aliphatic rings. The zero-order chi connectivity index (χ0) is 20.1. The average molecular weight is 385 g/mol. The Balaban J connectivity index is 1.40. The number of benzene rings is 3. The maximum absolute atomic E-state index is 12.5. The second kappa shape index (κ2) is 8.52. The van der Waals surface area contributed by atoms with Gasteiger partial charge in [-0.05, 0) is 55.0 Å². The van der Waals surface area contributed by atoms with Crippen LogP contribution in [0.3, 0.4) is 0 Å². The molecule has 0 aliphatic carbocycles. The fraction of sp³-hybridized carbons (Fsp3) is 0.125. The molecule has 0 unspecified atom stereocenters. The lowest BCUT2D eigenvalue weighted by molar-refractivity contribution is -0.115. The Hall–Kier alpha value is -3.73. The number of rotatable bonds is 7. The van der Waals surface area contributed by atoms with E-state index < -0.39 is 0 Å². The molecule has 29 heavy (non-hydrogen) atoms. The van der Waals surface area contributed by atoms with Gasteiger partial charge >= 0.3 is 0 Å². The quantitative estimate of drug-likeness (QED) is 0.394. The fourth-order valence-corrected chi connectivity index (χ4v) is 3.30. The van der Waals surface area contributed by atoms with E-state index in [4.69, 9.17) is 4.74 Å². The van der Waals surface area contributed by atoms with Crippen LogP contribution in [0.1, 0.15) is 12.5 Å². The van der Waals surface area contributed by atoms with Crippen molar-refractivity contribution in [3.05, 3.63) is 84.6 Å². The van der Waals surface area contributed by atoms with E-state index in [1.54, 1.807) is 0 Å². The van der Waals surface area contributed by atoms with Gasteiger partial charge in [-0.1, -0.05) is 30.3 Å². The molecular formula is C24H23N3O2. The highest BCUT2D eigenvalue weighted by Gasteiger charge is 2.09. The summed E-state index contributed by atoms with van der Waals surface area (Å²) in [5, 5.41) is 7.39. The van der Waals surface area contributed by atoms with Crippen LogP contribution in [0.2, 0.25) is 0 Å². The summed E-state index contributed by atoms with van der Waals surface area (Å²) in [4.78, 5) is 15.7. The smallest absolute Gasteiger partial charge is 0.228 e. The number of H-pyrrole nitrogens is 1. The molecule has 146 valence electrons. The molecule has 1 aromatic heterocycles. The summed E-state index contributed by atoms with van der Waals surface area (Å²) in [7, 11) is 0. The third-order valence-corrected chi connectivity index (χ3v) is 4.66. The van der Waals surface area contributed by atoms with E-state index in [0.29, 0.717) is 13.0 Å². The van der Waals surface area contributed by atoms with E-state index in [0.717, 1.165) is 39.3 Å². The summed E-state index contributed by atoms with van der Waals surface area (Å²) in [5.41, 5.74) is 4.62. The number of para-hydroxylation sites is 3. The minimum atomic E-state index is -0.0443. The van der Waals surface area contributed by atoms with Crippen LogP contribution in [0.25, 0.3) is 10.9 Å². The Morgan fingerprint density at radius 3 is 2.48 bits per heavy atom. The molecule has 0 fully saturated rings. The van der Waals surface area contributed by atoms with Crippen molar-refractivity contribution in [3.63, 3.8) is 0 Å². The van der Waals surface area contributed by atoms with E-state index in [9.17, 15) is 4.79 Å². The number of carbonyl (C=O) groups is 1. The van der Waals surface area contributed by atoms with Crippen LogP contribution in [-0.4, -0.2) is 17.5 Å². The lowest BCUT2D eigenvalue weighted by Crippen LogP contribution is -2.14. The van der Waals surface area contributed by atoms with Gasteiger partial charge in [0.15, 0.2) is 0 Å². The van der Waals surface area contributed by atoms with Crippen molar-refractivity contribution in [1.29, 1.82) is 0 Å². The molecule has 0 bridgehead atoms. The highest BCUT2D eigenvalue weighted by molar-refractivity contribution is 5.95. The SMILES string of the molecule is CCOc1ccccc1Nc1ccc(NC(=O)Cc2c[nH]c3ccccc23)cc1. The third-order valence-electron chi connectivity index (χ3n) is 4.66. The van der Waals surface area contributed by atoms with Gasteiger partial charge in [-0.15, -0.1) is 0 Å². The number of nitrogens with one attached hydrogen (secondary N) is 3. The Bertz CT molecular complexity index is 1120. The van der Waals surface area contributed by atoms with Gasteiger partial charge in [-0.25, -0.2) is 0 Å². The molecule has 1 amide bonds. The molecule has 5 heteroatoms. The standard InChI is InChI=1S/C24H23N3O2/c1-2-29-23-10-6-5-9-22(23)26-18-11-13-19(14-12-18)27-24(28)15-17-16-25-21-8-4-3-7-20(17)21/h3-14,16,25-26H,2,15H2,1H3,(H,27,28). The van der Waals surface area contributed by atoms with Crippen LogP contribution >= 0.6 is 0 Å². The Morgan fingerprint density at radius 2 is 1.66 bits per heavy atom. The van der Waals surface area contributed by atoms with Crippen molar-refractivity contribution >= 4 is 33.9 Å². The number of carbonyl (C=O) groups excluding carboxylic acids is 1. The number of ether oxygens (including phenoxy) is 1. The highest BCUT2D eigenvalue weighted by Crippen LogP contribution is 2.28. The van der Waals surface area contributed by atoms with Gasteiger partial charge in [0, 0.05) is 28.5 Å². The number of hydrogen-bond donors (Lipinski definition) is 3. The van der Waals surface area contributed by atoms with Crippen LogP contribution in [0.5, 0.6) is 5.75 Å². The van der Waals surface area contributed by atoms with Gasteiger partial charge in [0.05, 0.1) is 18.7 Å². The van der Waals surface area contributed by atoms with E-state index >= 15 is 0 Å². The zero-order valence-electron chi connectivity index (χ0n) is 16.2.